The zero-order chi connectivity index (χ0) is 17.8. The van der Waals surface area contributed by atoms with Crippen molar-refractivity contribution in [2.75, 3.05) is 44.3 Å². The van der Waals surface area contributed by atoms with Crippen LogP contribution in [0.3, 0.4) is 0 Å². The summed E-state index contributed by atoms with van der Waals surface area (Å²) in [7, 11) is 0. The van der Waals surface area contributed by atoms with Crippen molar-refractivity contribution in [1.82, 2.24) is 9.88 Å². The number of morpholine rings is 1. The number of pyridine rings is 1. The van der Waals surface area contributed by atoms with Gasteiger partial charge in [-0.05, 0) is 30.0 Å². The Bertz CT molecular complexity index is 697. The highest BCUT2D eigenvalue weighted by molar-refractivity contribution is 5.42. The third-order valence-corrected chi connectivity index (χ3v) is 5.81. The molecule has 1 aromatic carbocycles. The Morgan fingerprint density at radius 1 is 1.04 bits per heavy atom. The van der Waals surface area contributed by atoms with Gasteiger partial charge in [-0.1, -0.05) is 43.3 Å². The van der Waals surface area contributed by atoms with Crippen molar-refractivity contribution in [3.05, 3.63) is 59.8 Å². The van der Waals surface area contributed by atoms with E-state index in [1.165, 1.54) is 24.0 Å². The maximum absolute atomic E-state index is 5.43. The number of nitrogens with zero attached hydrogens (tertiary/aromatic N) is 3. The van der Waals surface area contributed by atoms with Crippen LogP contribution in [0.5, 0.6) is 0 Å². The molecule has 0 N–H and O–H groups in total. The van der Waals surface area contributed by atoms with Crippen LogP contribution in [0, 0.1) is 0 Å². The Balaban J connectivity index is 1.43. The van der Waals surface area contributed by atoms with Gasteiger partial charge >= 0.3 is 0 Å². The molecule has 0 aliphatic carbocycles. The Morgan fingerprint density at radius 2 is 1.85 bits per heavy atom. The number of hydrogen-bond donors (Lipinski definition) is 0. The molecule has 1 unspecified atom stereocenters. The number of benzene rings is 1. The van der Waals surface area contributed by atoms with Gasteiger partial charge in [-0.15, -0.1) is 0 Å². The largest absolute Gasteiger partial charge is 0.379 e. The first kappa shape index (κ1) is 17.5. The minimum atomic E-state index is 0.202. The third-order valence-electron chi connectivity index (χ3n) is 5.81. The molecule has 0 amide bonds. The minimum Gasteiger partial charge on any atom is -0.379 e. The van der Waals surface area contributed by atoms with Gasteiger partial charge in [0.1, 0.15) is 5.82 Å². The number of ether oxygens (including phenoxy) is 1. The summed E-state index contributed by atoms with van der Waals surface area (Å²) in [5.41, 5.74) is 2.93. The average molecular weight is 351 g/mol. The van der Waals surface area contributed by atoms with Crippen molar-refractivity contribution < 1.29 is 4.74 Å². The van der Waals surface area contributed by atoms with E-state index in [0.29, 0.717) is 0 Å². The summed E-state index contributed by atoms with van der Waals surface area (Å²) in [5, 5.41) is 0. The van der Waals surface area contributed by atoms with E-state index < -0.39 is 0 Å². The molecule has 138 valence electrons. The summed E-state index contributed by atoms with van der Waals surface area (Å²) in [4.78, 5) is 9.69. The molecule has 2 aromatic rings. The molecular weight excluding hydrogens is 322 g/mol. The molecular formula is C22H29N3O. The number of anilines is 1. The summed E-state index contributed by atoms with van der Waals surface area (Å²) in [5.74, 6) is 1.11. The Hall–Kier alpha value is -1.91. The van der Waals surface area contributed by atoms with Gasteiger partial charge in [0.2, 0.25) is 0 Å². The standard InChI is InChI=1S/C22H29N3O/c1-22(20-6-3-2-4-7-20)10-5-11-25(18-22)21-9-8-19(16-23-21)17-24-12-14-26-15-13-24/h2-4,6-9,16H,5,10-15,17-18H2,1H3. The SMILES string of the molecule is CC1(c2ccccc2)CCCN(c2ccc(CN3CCOCC3)cn2)C1. The van der Waals surface area contributed by atoms with Crippen LogP contribution < -0.4 is 4.90 Å². The van der Waals surface area contributed by atoms with Crippen molar-refractivity contribution in [2.45, 2.75) is 31.7 Å². The van der Waals surface area contributed by atoms with Crippen LogP contribution in [-0.2, 0) is 16.7 Å². The Kier molecular flexibility index (Phi) is 5.23. The fraction of sp³-hybridized carbons (Fsp3) is 0.500. The first-order chi connectivity index (χ1) is 12.7. The van der Waals surface area contributed by atoms with Crippen LogP contribution in [0.2, 0.25) is 0 Å². The molecule has 4 heteroatoms. The van der Waals surface area contributed by atoms with Gasteiger partial charge in [-0.3, -0.25) is 4.90 Å². The molecule has 3 heterocycles. The van der Waals surface area contributed by atoms with Gasteiger partial charge < -0.3 is 9.64 Å². The molecule has 1 atom stereocenters. The highest BCUT2D eigenvalue weighted by atomic mass is 16.5. The lowest BCUT2D eigenvalue weighted by Crippen LogP contribution is -2.44. The first-order valence-electron chi connectivity index (χ1n) is 9.78. The second kappa shape index (κ2) is 7.77. The van der Waals surface area contributed by atoms with Crippen LogP contribution in [-0.4, -0.2) is 49.3 Å². The van der Waals surface area contributed by atoms with E-state index >= 15 is 0 Å². The smallest absolute Gasteiger partial charge is 0.128 e. The molecule has 2 aliphatic heterocycles. The highest BCUT2D eigenvalue weighted by Crippen LogP contribution is 2.35. The lowest BCUT2D eigenvalue weighted by Gasteiger charge is -2.41. The molecule has 4 nitrogen and oxygen atoms in total. The molecule has 0 radical (unpaired) electrons. The van der Waals surface area contributed by atoms with E-state index in [1.807, 2.05) is 0 Å². The quantitative estimate of drug-likeness (QED) is 0.843. The van der Waals surface area contributed by atoms with E-state index in [4.69, 9.17) is 9.72 Å². The number of piperidine rings is 1. The van der Waals surface area contributed by atoms with Crippen LogP contribution in [0.15, 0.2) is 48.7 Å². The molecule has 0 bridgehead atoms. The van der Waals surface area contributed by atoms with Gasteiger partial charge in [0, 0.05) is 44.3 Å². The monoisotopic (exact) mass is 351 g/mol. The predicted molar refractivity (Wildman–Crippen MR) is 106 cm³/mol. The van der Waals surface area contributed by atoms with Gasteiger partial charge in [-0.25, -0.2) is 4.98 Å². The van der Waals surface area contributed by atoms with Crippen LogP contribution >= 0.6 is 0 Å². The summed E-state index contributed by atoms with van der Waals surface area (Å²) in [6.45, 7) is 9.21. The van der Waals surface area contributed by atoms with E-state index in [-0.39, 0.29) is 5.41 Å². The lowest BCUT2D eigenvalue weighted by molar-refractivity contribution is 0.0341. The van der Waals surface area contributed by atoms with Gasteiger partial charge in [0.05, 0.1) is 13.2 Å². The molecule has 1 aromatic heterocycles. The van der Waals surface area contributed by atoms with E-state index in [2.05, 4.69) is 65.4 Å². The van der Waals surface area contributed by atoms with E-state index in [9.17, 15) is 0 Å². The predicted octanol–water partition coefficient (Wildman–Crippen LogP) is 3.47. The van der Waals surface area contributed by atoms with Crippen LogP contribution in [0.25, 0.3) is 0 Å². The van der Waals surface area contributed by atoms with Crippen molar-refractivity contribution in [1.29, 1.82) is 0 Å². The maximum atomic E-state index is 5.43. The number of hydrogen-bond acceptors (Lipinski definition) is 4. The summed E-state index contributed by atoms with van der Waals surface area (Å²) in [6.07, 6.45) is 4.50. The van der Waals surface area contributed by atoms with Crippen molar-refractivity contribution >= 4 is 5.82 Å². The summed E-state index contributed by atoms with van der Waals surface area (Å²) >= 11 is 0. The molecule has 0 spiro atoms. The molecule has 4 rings (SSSR count). The maximum Gasteiger partial charge on any atom is 0.128 e. The zero-order valence-electron chi connectivity index (χ0n) is 15.7. The molecule has 2 saturated heterocycles. The van der Waals surface area contributed by atoms with Crippen LogP contribution in [0.4, 0.5) is 5.82 Å². The minimum absolute atomic E-state index is 0.202. The van der Waals surface area contributed by atoms with Crippen molar-refractivity contribution in [2.24, 2.45) is 0 Å². The number of rotatable bonds is 4. The third kappa shape index (κ3) is 3.92. The van der Waals surface area contributed by atoms with Gasteiger partial charge in [0.15, 0.2) is 0 Å². The average Bonchev–Trinajstić information content (AvgIpc) is 2.70. The fourth-order valence-corrected chi connectivity index (χ4v) is 4.23. The second-order valence-corrected chi connectivity index (χ2v) is 7.86. The van der Waals surface area contributed by atoms with Crippen molar-refractivity contribution in [3.63, 3.8) is 0 Å². The van der Waals surface area contributed by atoms with Crippen LogP contribution in [0.1, 0.15) is 30.9 Å². The zero-order valence-corrected chi connectivity index (χ0v) is 15.7. The summed E-state index contributed by atoms with van der Waals surface area (Å²) in [6, 6.07) is 15.4. The van der Waals surface area contributed by atoms with Crippen molar-refractivity contribution in [3.8, 4) is 0 Å². The molecule has 26 heavy (non-hydrogen) atoms. The summed E-state index contributed by atoms with van der Waals surface area (Å²) < 4.78 is 5.43. The van der Waals surface area contributed by atoms with Gasteiger partial charge in [0.25, 0.3) is 0 Å². The Labute approximate surface area is 156 Å². The molecule has 0 saturated carbocycles. The fourth-order valence-electron chi connectivity index (χ4n) is 4.23. The Morgan fingerprint density at radius 3 is 2.58 bits per heavy atom. The molecule has 2 fully saturated rings. The lowest BCUT2D eigenvalue weighted by atomic mass is 9.76. The van der Waals surface area contributed by atoms with Gasteiger partial charge in [-0.2, -0.15) is 0 Å². The number of aromatic nitrogens is 1. The highest BCUT2D eigenvalue weighted by Gasteiger charge is 2.33. The molecule has 2 aliphatic rings. The normalized spacial score (nSPS) is 24.6. The second-order valence-electron chi connectivity index (χ2n) is 7.86. The topological polar surface area (TPSA) is 28.6 Å². The first-order valence-corrected chi connectivity index (χ1v) is 9.78. The van der Waals surface area contributed by atoms with E-state index in [1.54, 1.807) is 0 Å². The van der Waals surface area contributed by atoms with E-state index in [0.717, 1.165) is 51.8 Å².